The van der Waals surface area contributed by atoms with Gasteiger partial charge in [-0.1, -0.05) is 31.2 Å². The maximum Gasteiger partial charge on any atom is 0.239 e. The molecule has 1 saturated carbocycles. The Morgan fingerprint density at radius 3 is 2.53 bits per heavy atom. The van der Waals surface area contributed by atoms with Crippen molar-refractivity contribution < 1.29 is 4.79 Å². The van der Waals surface area contributed by atoms with E-state index in [4.69, 9.17) is 5.73 Å². The molecule has 3 N–H and O–H groups in total. The van der Waals surface area contributed by atoms with Crippen molar-refractivity contribution in [3.8, 4) is 0 Å². The summed E-state index contributed by atoms with van der Waals surface area (Å²) in [4.78, 5) is 11.4. The van der Waals surface area contributed by atoms with Crippen LogP contribution in [0.1, 0.15) is 36.9 Å². The molecule has 3 heteroatoms. The number of nitrogens with two attached hydrogens (primary N) is 1. The fourth-order valence-corrected chi connectivity index (χ4v) is 1.93. The lowest BCUT2D eigenvalue weighted by Gasteiger charge is -2.16. The maximum absolute atomic E-state index is 11.4. The zero-order chi connectivity index (χ0) is 12.3. The molecule has 17 heavy (non-hydrogen) atoms. The SMILES string of the molecule is CCc1ccc(C(NCC2CC2)C(N)=O)cc1. The molecule has 1 aliphatic rings. The van der Waals surface area contributed by atoms with Gasteiger partial charge in [-0.05, 0) is 42.9 Å². The van der Waals surface area contributed by atoms with Crippen LogP contribution in [-0.4, -0.2) is 12.5 Å². The van der Waals surface area contributed by atoms with Crippen LogP contribution in [0.5, 0.6) is 0 Å². The van der Waals surface area contributed by atoms with Crippen LogP contribution in [0.25, 0.3) is 0 Å². The Balaban J connectivity index is 2.04. The largest absolute Gasteiger partial charge is 0.368 e. The Kier molecular flexibility index (Phi) is 3.79. The lowest BCUT2D eigenvalue weighted by molar-refractivity contribution is -0.120. The second-order valence-electron chi connectivity index (χ2n) is 4.78. The quantitative estimate of drug-likeness (QED) is 0.785. The maximum atomic E-state index is 11.4. The summed E-state index contributed by atoms with van der Waals surface area (Å²) in [5, 5.41) is 3.26. The summed E-state index contributed by atoms with van der Waals surface area (Å²) < 4.78 is 0. The van der Waals surface area contributed by atoms with Gasteiger partial charge in [-0.15, -0.1) is 0 Å². The van der Waals surface area contributed by atoms with Gasteiger partial charge in [-0.25, -0.2) is 0 Å². The first-order valence-corrected chi connectivity index (χ1v) is 6.32. The Morgan fingerprint density at radius 1 is 1.41 bits per heavy atom. The van der Waals surface area contributed by atoms with E-state index in [-0.39, 0.29) is 11.9 Å². The summed E-state index contributed by atoms with van der Waals surface area (Å²) in [6, 6.07) is 7.76. The monoisotopic (exact) mass is 232 g/mol. The molecule has 0 aliphatic heterocycles. The number of benzene rings is 1. The number of nitrogens with one attached hydrogen (secondary N) is 1. The minimum atomic E-state index is -0.346. The predicted octanol–water partition coefficient (Wildman–Crippen LogP) is 1.77. The number of amides is 1. The fourth-order valence-electron chi connectivity index (χ4n) is 1.93. The van der Waals surface area contributed by atoms with Crippen molar-refractivity contribution in [1.29, 1.82) is 0 Å². The van der Waals surface area contributed by atoms with Crippen molar-refractivity contribution in [1.82, 2.24) is 5.32 Å². The summed E-state index contributed by atoms with van der Waals surface area (Å²) in [5.74, 6) is 0.446. The van der Waals surface area contributed by atoms with Crippen molar-refractivity contribution in [2.24, 2.45) is 11.7 Å². The van der Waals surface area contributed by atoms with Crippen LogP contribution in [0.3, 0.4) is 0 Å². The summed E-state index contributed by atoms with van der Waals surface area (Å²) in [5.41, 5.74) is 7.69. The van der Waals surface area contributed by atoms with Gasteiger partial charge in [0.1, 0.15) is 6.04 Å². The molecule has 3 nitrogen and oxygen atoms in total. The van der Waals surface area contributed by atoms with Crippen LogP contribution in [0, 0.1) is 5.92 Å². The van der Waals surface area contributed by atoms with E-state index < -0.39 is 0 Å². The number of hydrogen-bond acceptors (Lipinski definition) is 2. The second kappa shape index (κ2) is 5.32. The third-order valence-corrected chi connectivity index (χ3v) is 3.31. The lowest BCUT2D eigenvalue weighted by atomic mass is 10.0. The standard InChI is InChI=1S/C14H20N2O/c1-2-10-5-7-12(8-6-10)13(14(15)17)16-9-11-3-4-11/h5-8,11,13,16H,2-4,9H2,1H3,(H2,15,17). The van der Waals surface area contributed by atoms with Gasteiger partial charge in [-0.2, -0.15) is 0 Å². The smallest absolute Gasteiger partial charge is 0.239 e. The molecule has 0 radical (unpaired) electrons. The highest BCUT2D eigenvalue weighted by Crippen LogP contribution is 2.28. The average Bonchev–Trinajstić information content (AvgIpc) is 3.14. The van der Waals surface area contributed by atoms with E-state index in [2.05, 4.69) is 24.4 Å². The van der Waals surface area contributed by atoms with Gasteiger partial charge < -0.3 is 11.1 Å². The molecule has 0 spiro atoms. The molecule has 0 heterocycles. The Hall–Kier alpha value is -1.35. The van der Waals surface area contributed by atoms with E-state index in [9.17, 15) is 4.79 Å². The zero-order valence-corrected chi connectivity index (χ0v) is 10.3. The number of primary amides is 1. The van der Waals surface area contributed by atoms with Gasteiger partial charge in [0.15, 0.2) is 0 Å². The van der Waals surface area contributed by atoms with Crippen LogP contribution < -0.4 is 11.1 Å². The lowest BCUT2D eigenvalue weighted by Crippen LogP contribution is -2.34. The Morgan fingerprint density at radius 2 is 2.06 bits per heavy atom. The molecule has 1 amide bonds. The molecule has 0 saturated heterocycles. The minimum Gasteiger partial charge on any atom is -0.368 e. The molecular weight excluding hydrogens is 212 g/mol. The average molecular weight is 232 g/mol. The molecule has 0 bridgehead atoms. The van der Waals surface area contributed by atoms with E-state index in [0.29, 0.717) is 0 Å². The molecule has 92 valence electrons. The minimum absolute atomic E-state index is 0.296. The number of rotatable bonds is 6. The first kappa shape index (κ1) is 12.1. The number of carbonyl (C=O) groups is 1. The molecule has 0 aromatic heterocycles. The van der Waals surface area contributed by atoms with Crippen LogP contribution in [0.15, 0.2) is 24.3 Å². The van der Waals surface area contributed by atoms with Gasteiger partial charge in [0.2, 0.25) is 5.91 Å². The first-order valence-electron chi connectivity index (χ1n) is 6.32. The molecule has 1 aliphatic carbocycles. The molecule has 1 atom stereocenters. The highest BCUT2D eigenvalue weighted by molar-refractivity contribution is 5.81. The van der Waals surface area contributed by atoms with Crippen LogP contribution in [-0.2, 0) is 11.2 Å². The molecule has 1 fully saturated rings. The van der Waals surface area contributed by atoms with Crippen molar-refractivity contribution in [2.75, 3.05) is 6.54 Å². The van der Waals surface area contributed by atoms with E-state index in [1.54, 1.807) is 0 Å². The summed E-state index contributed by atoms with van der Waals surface area (Å²) >= 11 is 0. The summed E-state index contributed by atoms with van der Waals surface area (Å²) in [6.07, 6.45) is 3.55. The van der Waals surface area contributed by atoms with E-state index in [0.717, 1.165) is 24.4 Å². The summed E-state index contributed by atoms with van der Waals surface area (Å²) in [7, 11) is 0. The van der Waals surface area contributed by atoms with Crippen molar-refractivity contribution in [3.63, 3.8) is 0 Å². The third kappa shape index (κ3) is 3.30. The van der Waals surface area contributed by atoms with Gasteiger partial charge in [0.05, 0.1) is 0 Å². The number of carbonyl (C=O) groups excluding carboxylic acids is 1. The zero-order valence-electron chi connectivity index (χ0n) is 10.3. The normalized spacial score (nSPS) is 16.8. The molecule has 1 aromatic rings. The molecule has 1 unspecified atom stereocenters. The number of aryl methyl sites for hydroxylation is 1. The van der Waals surface area contributed by atoms with Gasteiger partial charge in [0, 0.05) is 0 Å². The van der Waals surface area contributed by atoms with Crippen LogP contribution >= 0.6 is 0 Å². The molecular formula is C14H20N2O. The topological polar surface area (TPSA) is 55.1 Å². The van der Waals surface area contributed by atoms with Crippen LogP contribution in [0.4, 0.5) is 0 Å². The van der Waals surface area contributed by atoms with Crippen LogP contribution in [0.2, 0.25) is 0 Å². The highest BCUT2D eigenvalue weighted by atomic mass is 16.1. The predicted molar refractivity (Wildman–Crippen MR) is 68.5 cm³/mol. The van der Waals surface area contributed by atoms with Gasteiger partial charge in [0.25, 0.3) is 0 Å². The first-order chi connectivity index (χ1) is 8.20. The Labute approximate surface area is 102 Å². The Bertz CT molecular complexity index is 382. The summed E-state index contributed by atoms with van der Waals surface area (Å²) in [6.45, 7) is 3.01. The van der Waals surface area contributed by atoms with Crippen molar-refractivity contribution >= 4 is 5.91 Å². The van der Waals surface area contributed by atoms with E-state index in [1.807, 2.05) is 12.1 Å². The second-order valence-corrected chi connectivity index (χ2v) is 4.78. The molecule has 1 aromatic carbocycles. The fraction of sp³-hybridized carbons (Fsp3) is 0.500. The van der Waals surface area contributed by atoms with E-state index in [1.165, 1.54) is 18.4 Å². The van der Waals surface area contributed by atoms with Crippen molar-refractivity contribution in [2.45, 2.75) is 32.2 Å². The van der Waals surface area contributed by atoms with Gasteiger partial charge in [-0.3, -0.25) is 4.79 Å². The van der Waals surface area contributed by atoms with Crippen molar-refractivity contribution in [3.05, 3.63) is 35.4 Å². The number of hydrogen-bond donors (Lipinski definition) is 2. The molecule has 2 rings (SSSR count). The highest BCUT2D eigenvalue weighted by Gasteiger charge is 2.24. The third-order valence-electron chi connectivity index (χ3n) is 3.31. The van der Waals surface area contributed by atoms with E-state index >= 15 is 0 Å². The van der Waals surface area contributed by atoms with Gasteiger partial charge >= 0.3 is 0 Å².